The lowest BCUT2D eigenvalue weighted by molar-refractivity contribution is 0.0581. The van der Waals surface area contributed by atoms with Crippen LogP contribution in [0, 0.1) is 0 Å². The van der Waals surface area contributed by atoms with Crippen LogP contribution in [0.25, 0.3) is 11.3 Å². The molecule has 2 fully saturated rings. The van der Waals surface area contributed by atoms with Gasteiger partial charge in [-0.15, -0.1) is 0 Å². The van der Waals surface area contributed by atoms with Crippen molar-refractivity contribution >= 4 is 11.7 Å². The van der Waals surface area contributed by atoms with Gasteiger partial charge in [-0.05, 0) is 25.0 Å². The van der Waals surface area contributed by atoms with Crippen molar-refractivity contribution in [1.82, 2.24) is 14.9 Å². The summed E-state index contributed by atoms with van der Waals surface area (Å²) < 4.78 is 5.27. The summed E-state index contributed by atoms with van der Waals surface area (Å²) in [6.07, 6.45) is 5.06. The summed E-state index contributed by atoms with van der Waals surface area (Å²) in [6.45, 7) is 2.58. The van der Waals surface area contributed by atoms with E-state index >= 15 is 0 Å². The monoisotopic (exact) mass is 368 g/mol. The molecule has 27 heavy (non-hydrogen) atoms. The molecule has 7 nitrogen and oxygen atoms in total. The highest BCUT2D eigenvalue weighted by molar-refractivity contribution is 5.95. The van der Waals surface area contributed by atoms with Crippen molar-refractivity contribution in [1.29, 1.82) is 0 Å². The number of hydrogen-bond donors (Lipinski definition) is 1. The minimum absolute atomic E-state index is 0.141. The average molecular weight is 368 g/mol. The summed E-state index contributed by atoms with van der Waals surface area (Å²) in [5, 5.41) is 10.0. The normalized spacial score (nSPS) is 22.2. The number of hydrogen-bond acceptors (Lipinski definition) is 6. The van der Waals surface area contributed by atoms with Gasteiger partial charge in [0.15, 0.2) is 5.82 Å². The van der Waals surface area contributed by atoms with Crippen molar-refractivity contribution in [2.75, 3.05) is 38.3 Å². The molecule has 1 aromatic heterocycles. The highest BCUT2D eigenvalue weighted by Crippen LogP contribution is 2.29. The maximum absolute atomic E-state index is 12.9. The lowest BCUT2D eigenvalue weighted by atomic mass is 10.1. The first-order chi connectivity index (χ1) is 13.1. The molecular weight excluding hydrogens is 344 g/mol. The molecule has 7 heteroatoms. The molecule has 2 atom stereocenters. The summed E-state index contributed by atoms with van der Waals surface area (Å²) in [5.74, 6) is 0.727. The third-order valence-corrected chi connectivity index (χ3v) is 5.31. The van der Waals surface area contributed by atoms with Gasteiger partial charge >= 0.3 is 0 Å². The predicted octanol–water partition coefficient (Wildman–Crippen LogP) is 1.58. The molecule has 2 aliphatic heterocycles. The fourth-order valence-corrected chi connectivity index (χ4v) is 3.75. The number of aliphatic hydroxyl groups is 1. The second-order valence-electron chi connectivity index (χ2n) is 7.09. The van der Waals surface area contributed by atoms with Crippen molar-refractivity contribution in [3.05, 3.63) is 42.2 Å². The Balaban J connectivity index is 1.62. The van der Waals surface area contributed by atoms with Crippen LogP contribution in [0.15, 0.2) is 36.7 Å². The van der Waals surface area contributed by atoms with Crippen LogP contribution in [0.2, 0.25) is 0 Å². The summed E-state index contributed by atoms with van der Waals surface area (Å²) in [4.78, 5) is 25.8. The van der Waals surface area contributed by atoms with Gasteiger partial charge in [-0.1, -0.05) is 12.1 Å². The maximum atomic E-state index is 12.9. The van der Waals surface area contributed by atoms with Gasteiger partial charge in [0, 0.05) is 43.7 Å². The second-order valence-corrected chi connectivity index (χ2v) is 7.09. The van der Waals surface area contributed by atoms with Crippen LogP contribution in [0.5, 0.6) is 0 Å². The average Bonchev–Trinajstić information content (AvgIpc) is 3.39. The fourth-order valence-electron chi connectivity index (χ4n) is 3.75. The van der Waals surface area contributed by atoms with Crippen molar-refractivity contribution in [3.63, 3.8) is 0 Å². The van der Waals surface area contributed by atoms with Crippen LogP contribution < -0.4 is 4.90 Å². The number of aromatic nitrogens is 2. The molecule has 1 amide bonds. The van der Waals surface area contributed by atoms with E-state index in [0.717, 1.165) is 43.0 Å². The topological polar surface area (TPSA) is 78.8 Å². The van der Waals surface area contributed by atoms with E-state index < -0.39 is 6.10 Å². The largest absolute Gasteiger partial charge is 0.388 e. The standard InChI is InChI=1S/C20H24N4O3/c1-23(16-12-27-13-17(16)25)20(26)15-6-4-5-14(11-15)18-19(22-8-7-21-18)24-9-2-3-10-24/h4-8,11,16-17,25H,2-3,9-10,12-13H2,1H3. The Bertz CT molecular complexity index is 822. The predicted molar refractivity (Wildman–Crippen MR) is 102 cm³/mol. The molecule has 2 saturated heterocycles. The first-order valence-corrected chi connectivity index (χ1v) is 9.34. The summed E-state index contributed by atoms with van der Waals surface area (Å²) in [6, 6.07) is 7.13. The summed E-state index contributed by atoms with van der Waals surface area (Å²) >= 11 is 0. The van der Waals surface area contributed by atoms with Gasteiger partial charge in [-0.2, -0.15) is 0 Å². The first kappa shape index (κ1) is 17.9. The van der Waals surface area contributed by atoms with Gasteiger partial charge in [0.05, 0.1) is 25.4 Å². The number of nitrogens with zero attached hydrogens (tertiary/aromatic N) is 4. The Labute approximate surface area is 158 Å². The van der Waals surface area contributed by atoms with Gasteiger partial charge in [0.25, 0.3) is 5.91 Å². The minimum Gasteiger partial charge on any atom is -0.388 e. The number of likely N-dealkylation sites (N-methyl/N-ethyl adjacent to an activating group) is 1. The molecule has 0 saturated carbocycles. The van der Waals surface area contributed by atoms with E-state index in [1.807, 2.05) is 18.2 Å². The number of rotatable bonds is 4. The number of carbonyl (C=O) groups is 1. The van der Waals surface area contributed by atoms with E-state index in [4.69, 9.17) is 4.74 Å². The SMILES string of the molecule is CN(C(=O)c1cccc(-c2nccnc2N2CCCC2)c1)C1COCC1O. The zero-order chi connectivity index (χ0) is 18.8. The molecule has 1 aromatic carbocycles. The number of carbonyl (C=O) groups excluding carboxylic acids is 1. The molecule has 0 radical (unpaired) electrons. The van der Waals surface area contributed by atoms with Gasteiger partial charge in [0.1, 0.15) is 5.69 Å². The van der Waals surface area contributed by atoms with E-state index in [2.05, 4.69) is 14.9 Å². The van der Waals surface area contributed by atoms with Gasteiger partial charge in [0.2, 0.25) is 0 Å². The van der Waals surface area contributed by atoms with E-state index in [1.54, 1.807) is 30.4 Å². The van der Waals surface area contributed by atoms with E-state index in [1.165, 1.54) is 0 Å². The van der Waals surface area contributed by atoms with Gasteiger partial charge in [-0.3, -0.25) is 9.78 Å². The van der Waals surface area contributed by atoms with Crippen LogP contribution in [0.4, 0.5) is 5.82 Å². The quantitative estimate of drug-likeness (QED) is 0.883. The first-order valence-electron chi connectivity index (χ1n) is 9.34. The lowest BCUT2D eigenvalue weighted by Crippen LogP contribution is -2.44. The molecule has 0 aliphatic carbocycles. The molecule has 2 aliphatic rings. The highest BCUT2D eigenvalue weighted by atomic mass is 16.5. The van der Waals surface area contributed by atoms with Gasteiger partial charge in [-0.25, -0.2) is 4.98 Å². The lowest BCUT2D eigenvalue weighted by Gasteiger charge is -2.26. The molecule has 2 unspecified atom stereocenters. The molecular formula is C20H24N4O3. The molecule has 0 bridgehead atoms. The molecule has 4 rings (SSSR count). The third kappa shape index (κ3) is 3.52. The fraction of sp³-hybridized carbons (Fsp3) is 0.450. The van der Waals surface area contributed by atoms with Crippen molar-refractivity contribution in [2.24, 2.45) is 0 Å². The number of benzene rings is 1. The minimum atomic E-state index is -0.649. The Morgan fingerprint density at radius 3 is 2.74 bits per heavy atom. The van der Waals surface area contributed by atoms with Crippen molar-refractivity contribution in [2.45, 2.75) is 25.0 Å². The maximum Gasteiger partial charge on any atom is 0.254 e. The van der Waals surface area contributed by atoms with Crippen LogP contribution in [-0.2, 0) is 4.74 Å². The number of ether oxygens (including phenoxy) is 1. The molecule has 142 valence electrons. The van der Waals surface area contributed by atoms with Crippen molar-refractivity contribution < 1.29 is 14.6 Å². The second kappa shape index (κ2) is 7.62. The van der Waals surface area contributed by atoms with Crippen molar-refractivity contribution in [3.8, 4) is 11.3 Å². The Morgan fingerprint density at radius 2 is 2.00 bits per heavy atom. The number of anilines is 1. The molecule has 3 heterocycles. The smallest absolute Gasteiger partial charge is 0.254 e. The molecule has 0 spiro atoms. The zero-order valence-electron chi connectivity index (χ0n) is 15.4. The Morgan fingerprint density at radius 1 is 1.22 bits per heavy atom. The van der Waals surface area contributed by atoms with E-state index in [-0.39, 0.29) is 18.6 Å². The van der Waals surface area contributed by atoms with E-state index in [9.17, 15) is 9.90 Å². The Kier molecular flexibility index (Phi) is 5.05. The molecule has 2 aromatic rings. The number of amides is 1. The zero-order valence-corrected chi connectivity index (χ0v) is 15.4. The van der Waals surface area contributed by atoms with Crippen LogP contribution in [-0.4, -0.2) is 71.4 Å². The van der Waals surface area contributed by atoms with E-state index in [0.29, 0.717) is 12.2 Å². The van der Waals surface area contributed by atoms with Crippen LogP contribution in [0.3, 0.4) is 0 Å². The Hall–Kier alpha value is -2.51. The van der Waals surface area contributed by atoms with Crippen LogP contribution >= 0.6 is 0 Å². The third-order valence-electron chi connectivity index (χ3n) is 5.31. The van der Waals surface area contributed by atoms with Crippen LogP contribution in [0.1, 0.15) is 23.2 Å². The molecule has 1 N–H and O–H groups in total. The highest BCUT2D eigenvalue weighted by Gasteiger charge is 2.32. The summed E-state index contributed by atoms with van der Waals surface area (Å²) in [7, 11) is 1.70. The van der Waals surface area contributed by atoms with Gasteiger partial charge < -0.3 is 19.6 Å². The summed E-state index contributed by atoms with van der Waals surface area (Å²) in [5.41, 5.74) is 2.22. The number of aliphatic hydroxyl groups excluding tert-OH is 1.